The molecule has 0 saturated carbocycles. The Morgan fingerprint density at radius 2 is 2.00 bits per heavy atom. The molecule has 1 aliphatic rings. The van der Waals surface area contributed by atoms with Gasteiger partial charge < -0.3 is 14.8 Å². The Morgan fingerprint density at radius 1 is 1.24 bits per heavy atom. The minimum Gasteiger partial charge on any atom is -0.371 e. The first kappa shape index (κ1) is 14.2. The number of nitrogens with zero attached hydrogens (tertiary/aromatic N) is 2. The molecule has 1 saturated heterocycles. The quantitative estimate of drug-likeness (QED) is 0.920. The molecule has 5 heteroatoms. The molecule has 1 N–H and O–H groups in total. The number of carbonyl (C=O) groups is 1. The molecule has 4 nitrogen and oxygen atoms in total. The summed E-state index contributed by atoms with van der Waals surface area (Å²) in [7, 11) is 1.86. The van der Waals surface area contributed by atoms with E-state index in [1.165, 1.54) is 18.5 Å². The van der Waals surface area contributed by atoms with Gasteiger partial charge in [0, 0.05) is 42.2 Å². The molecule has 3 rings (SSSR count). The highest BCUT2D eigenvalue weighted by Crippen LogP contribution is 2.24. The van der Waals surface area contributed by atoms with E-state index in [1.807, 2.05) is 42.1 Å². The van der Waals surface area contributed by atoms with Crippen LogP contribution in [0.4, 0.5) is 11.4 Å². The van der Waals surface area contributed by atoms with Crippen molar-refractivity contribution in [1.82, 2.24) is 4.57 Å². The molecule has 1 aliphatic heterocycles. The number of nitrogens with one attached hydrogen (secondary N) is 1. The summed E-state index contributed by atoms with van der Waals surface area (Å²) in [5.74, 6) is -0.0956. The molecule has 1 aromatic carbocycles. The predicted octanol–water partition coefficient (Wildman–Crippen LogP) is 3.64. The molecule has 0 spiro atoms. The van der Waals surface area contributed by atoms with Crippen LogP contribution in [-0.4, -0.2) is 23.6 Å². The fraction of sp³-hybridized carbons (Fsp3) is 0.312. The lowest BCUT2D eigenvalue weighted by molar-refractivity contribution is 0.101. The predicted molar refractivity (Wildman–Crippen MR) is 89.0 cm³/mol. The Balaban J connectivity index is 1.77. The number of rotatable bonds is 3. The van der Waals surface area contributed by atoms with E-state index < -0.39 is 0 Å². The van der Waals surface area contributed by atoms with Crippen LogP contribution in [0.2, 0.25) is 0 Å². The zero-order valence-electron chi connectivity index (χ0n) is 12.0. The smallest absolute Gasteiger partial charge is 0.272 e. The highest BCUT2D eigenvalue weighted by Gasteiger charge is 2.14. The van der Waals surface area contributed by atoms with Crippen LogP contribution < -0.4 is 10.2 Å². The van der Waals surface area contributed by atoms with Crippen LogP contribution in [-0.2, 0) is 7.05 Å². The Kier molecular flexibility index (Phi) is 4.01. The maximum Gasteiger partial charge on any atom is 0.272 e. The van der Waals surface area contributed by atoms with Crippen LogP contribution in [0.25, 0.3) is 0 Å². The average molecular weight is 348 g/mol. The van der Waals surface area contributed by atoms with Crippen LogP contribution in [0, 0.1) is 0 Å². The third-order valence-corrected chi connectivity index (χ3v) is 4.21. The summed E-state index contributed by atoms with van der Waals surface area (Å²) in [6.07, 6.45) is 4.36. The number of hydrogen-bond acceptors (Lipinski definition) is 2. The monoisotopic (exact) mass is 347 g/mol. The largest absolute Gasteiger partial charge is 0.371 e. The molecule has 110 valence electrons. The van der Waals surface area contributed by atoms with Crippen molar-refractivity contribution >= 4 is 33.2 Å². The van der Waals surface area contributed by atoms with Crippen molar-refractivity contribution in [3.8, 4) is 0 Å². The SMILES string of the molecule is Cn1cc(Br)cc1C(=O)Nc1cccc(N2CCCC2)c1. The fourth-order valence-electron chi connectivity index (χ4n) is 2.70. The molecule has 1 amide bonds. The number of amides is 1. The van der Waals surface area contributed by atoms with E-state index in [-0.39, 0.29) is 5.91 Å². The second-order valence-corrected chi connectivity index (χ2v) is 6.27. The van der Waals surface area contributed by atoms with Crippen molar-refractivity contribution in [1.29, 1.82) is 0 Å². The molecule has 0 bridgehead atoms. The number of halogens is 1. The van der Waals surface area contributed by atoms with Gasteiger partial charge in [0.2, 0.25) is 0 Å². The van der Waals surface area contributed by atoms with E-state index in [0.717, 1.165) is 23.2 Å². The van der Waals surface area contributed by atoms with Gasteiger partial charge in [-0.25, -0.2) is 0 Å². The molecular formula is C16H18BrN3O. The van der Waals surface area contributed by atoms with Crippen molar-refractivity contribution < 1.29 is 4.79 Å². The van der Waals surface area contributed by atoms with Gasteiger partial charge in [-0.2, -0.15) is 0 Å². The summed E-state index contributed by atoms with van der Waals surface area (Å²) in [6, 6.07) is 9.88. The maximum absolute atomic E-state index is 12.3. The number of carbonyl (C=O) groups excluding carboxylic acids is 1. The molecule has 1 aromatic heterocycles. The highest BCUT2D eigenvalue weighted by molar-refractivity contribution is 9.10. The lowest BCUT2D eigenvalue weighted by atomic mass is 10.2. The number of benzene rings is 1. The first-order valence-corrected chi connectivity index (χ1v) is 7.91. The molecule has 2 heterocycles. The van der Waals surface area contributed by atoms with Crippen molar-refractivity contribution in [3.05, 3.63) is 46.7 Å². The van der Waals surface area contributed by atoms with Gasteiger partial charge in [0.05, 0.1) is 0 Å². The normalized spacial score (nSPS) is 14.5. The summed E-state index contributed by atoms with van der Waals surface area (Å²) < 4.78 is 2.71. The van der Waals surface area contributed by atoms with E-state index in [2.05, 4.69) is 32.2 Å². The fourth-order valence-corrected chi connectivity index (χ4v) is 3.22. The van der Waals surface area contributed by atoms with Crippen LogP contribution >= 0.6 is 15.9 Å². The van der Waals surface area contributed by atoms with Gasteiger partial charge in [0.25, 0.3) is 5.91 Å². The molecular weight excluding hydrogens is 330 g/mol. The summed E-state index contributed by atoms with van der Waals surface area (Å²) in [6.45, 7) is 2.20. The zero-order chi connectivity index (χ0) is 14.8. The standard InChI is InChI=1S/C16H18BrN3O/c1-19-11-12(17)9-15(19)16(21)18-13-5-4-6-14(10-13)20-7-2-3-8-20/h4-6,9-11H,2-3,7-8H2,1H3,(H,18,21). The Morgan fingerprint density at radius 3 is 2.67 bits per heavy atom. The average Bonchev–Trinajstić information content (AvgIpc) is 3.08. The van der Waals surface area contributed by atoms with Gasteiger partial charge in [-0.15, -0.1) is 0 Å². The molecule has 1 fully saturated rings. The number of aryl methyl sites for hydroxylation is 1. The van der Waals surface area contributed by atoms with Crippen LogP contribution in [0.15, 0.2) is 41.0 Å². The molecule has 0 unspecified atom stereocenters. The first-order valence-electron chi connectivity index (χ1n) is 7.12. The van der Waals surface area contributed by atoms with Crippen molar-refractivity contribution in [2.24, 2.45) is 7.05 Å². The van der Waals surface area contributed by atoms with Crippen molar-refractivity contribution in [2.45, 2.75) is 12.8 Å². The Labute approximate surface area is 132 Å². The van der Waals surface area contributed by atoms with Gasteiger partial charge in [-0.05, 0) is 53.0 Å². The zero-order valence-corrected chi connectivity index (χ0v) is 13.6. The number of hydrogen-bond donors (Lipinski definition) is 1. The van der Waals surface area contributed by atoms with E-state index in [1.54, 1.807) is 0 Å². The Bertz CT molecular complexity index is 659. The van der Waals surface area contributed by atoms with Gasteiger partial charge in [0.1, 0.15) is 5.69 Å². The third-order valence-electron chi connectivity index (χ3n) is 3.78. The second kappa shape index (κ2) is 5.93. The molecule has 0 radical (unpaired) electrons. The van der Waals surface area contributed by atoms with Gasteiger partial charge in [0.15, 0.2) is 0 Å². The first-order chi connectivity index (χ1) is 10.1. The second-order valence-electron chi connectivity index (χ2n) is 5.35. The van der Waals surface area contributed by atoms with Crippen molar-refractivity contribution in [2.75, 3.05) is 23.3 Å². The van der Waals surface area contributed by atoms with Gasteiger partial charge >= 0.3 is 0 Å². The lowest BCUT2D eigenvalue weighted by Gasteiger charge is -2.18. The summed E-state index contributed by atoms with van der Waals surface area (Å²) >= 11 is 3.39. The molecule has 0 atom stereocenters. The summed E-state index contributed by atoms with van der Waals surface area (Å²) in [5.41, 5.74) is 2.65. The topological polar surface area (TPSA) is 37.3 Å². The summed E-state index contributed by atoms with van der Waals surface area (Å²) in [4.78, 5) is 14.7. The van der Waals surface area contributed by atoms with Crippen molar-refractivity contribution in [3.63, 3.8) is 0 Å². The van der Waals surface area contributed by atoms with Crippen LogP contribution in [0.1, 0.15) is 23.3 Å². The van der Waals surface area contributed by atoms with E-state index >= 15 is 0 Å². The van der Waals surface area contributed by atoms with Gasteiger partial charge in [-0.1, -0.05) is 6.07 Å². The highest BCUT2D eigenvalue weighted by atomic mass is 79.9. The molecule has 0 aliphatic carbocycles. The minimum absolute atomic E-state index is 0.0956. The molecule has 21 heavy (non-hydrogen) atoms. The maximum atomic E-state index is 12.3. The number of aromatic nitrogens is 1. The van der Waals surface area contributed by atoms with E-state index in [9.17, 15) is 4.79 Å². The van der Waals surface area contributed by atoms with Gasteiger partial charge in [-0.3, -0.25) is 4.79 Å². The van der Waals surface area contributed by atoms with E-state index in [4.69, 9.17) is 0 Å². The Hall–Kier alpha value is -1.75. The third kappa shape index (κ3) is 3.13. The number of anilines is 2. The van der Waals surface area contributed by atoms with E-state index in [0.29, 0.717) is 5.69 Å². The summed E-state index contributed by atoms with van der Waals surface area (Å²) in [5, 5.41) is 2.97. The molecule has 2 aromatic rings. The minimum atomic E-state index is -0.0956. The van der Waals surface area contributed by atoms with Crippen LogP contribution in [0.3, 0.4) is 0 Å². The van der Waals surface area contributed by atoms with Crippen LogP contribution in [0.5, 0.6) is 0 Å². The lowest BCUT2D eigenvalue weighted by Crippen LogP contribution is -2.18.